The zero-order valence-corrected chi connectivity index (χ0v) is 11.8. The van der Waals surface area contributed by atoms with Gasteiger partial charge in [-0.15, -0.1) is 0 Å². The van der Waals surface area contributed by atoms with Crippen LogP contribution >= 0.6 is 0 Å². The van der Waals surface area contributed by atoms with E-state index in [1.165, 1.54) is 25.7 Å². The van der Waals surface area contributed by atoms with Gasteiger partial charge >= 0.3 is 0 Å². The van der Waals surface area contributed by atoms with Crippen molar-refractivity contribution in [3.05, 3.63) is 36.0 Å². The van der Waals surface area contributed by atoms with E-state index in [9.17, 15) is 5.26 Å². The van der Waals surface area contributed by atoms with Crippen molar-refractivity contribution in [2.24, 2.45) is 5.92 Å². The first kappa shape index (κ1) is 12.9. The topological polar surface area (TPSA) is 48.7 Å². The Bertz CT molecular complexity index is 657. The van der Waals surface area contributed by atoms with Gasteiger partial charge in [-0.3, -0.25) is 4.98 Å². The number of nitrogens with one attached hydrogen (secondary N) is 1. The van der Waals surface area contributed by atoms with Crippen LogP contribution in [0, 0.1) is 17.2 Å². The first-order chi connectivity index (χ1) is 9.79. The van der Waals surface area contributed by atoms with Crippen LogP contribution in [0.2, 0.25) is 0 Å². The van der Waals surface area contributed by atoms with Crippen molar-refractivity contribution in [2.45, 2.75) is 38.6 Å². The Morgan fingerprint density at radius 2 is 2.05 bits per heavy atom. The molecule has 0 amide bonds. The summed E-state index contributed by atoms with van der Waals surface area (Å²) >= 11 is 0. The molecule has 2 unspecified atom stereocenters. The number of nitrogens with zero attached hydrogens (tertiary/aromatic N) is 2. The summed E-state index contributed by atoms with van der Waals surface area (Å²) < 4.78 is 0. The number of aromatic nitrogens is 1. The molecule has 1 heterocycles. The minimum Gasteiger partial charge on any atom is -0.380 e. The second-order valence-corrected chi connectivity index (χ2v) is 5.69. The molecule has 3 heteroatoms. The number of para-hydroxylation sites is 1. The summed E-state index contributed by atoms with van der Waals surface area (Å²) in [7, 11) is 0. The molecule has 0 saturated heterocycles. The lowest BCUT2D eigenvalue weighted by Crippen LogP contribution is -2.30. The van der Waals surface area contributed by atoms with Gasteiger partial charge in [0.1, 0.15) is 6.07 Å². The Labute approximate surface area is 119 Å². The molecule has 20 heavy (non-hydrogen) atoms. The zero-order chi connectivity index (χ0) is 13.9. The van der Waals surface area contributed by atoms with E-state index in [-0.39, 0.29) is 0 Å². The predicted octanol–water partition coefficient (Wildman–Crippen LogP) is 4.10. The van der Waals surface area contributed by atoms with Gasteiger partial charge in [0, 0.05) is 17.6 Å². The molecule has 0 bridgehead atoms. The van der Waals surface area contributed by atoms with Crippen molar-refractivity contribution < 1.29 is 0 Å². The highest BCUT2D eigenvalue weighted by molar-refractivity contribution is 5.93. The van der Waals surface area contributed by atoms with Gasteiger partial charge in [-0.1, -0.05) is 38.0 Å². The molecule has 3 nitrogen and oxygen atoms in total. The van der Waals surface area contributed by atoms with Crippen LogP contribution in [0.5, 0.6) is 0 Å². The van der Waals surface area contributed by atoms with Crippen LogP contribution in [0.25, 0.3) is 10.9 Å². The monoisotopic (exact) mass is 265 g/mol. The molecule has 0 radical (unpaired) electrons. The Morgan fingerprint density at radius 3 is 2.85 bits per heavy atom. The van der Waals surface area contributed by atoms with Gasteiger partial charge in [0.15, 0.2) is 0 Å². The van der Waals surface area contributed by atoms with Crippen molar-refractivity contribution in [3.8, 4) is 6.07 Å². The van der Waals surface area contributed by atoms with Gasteiger partial charge in [0.2, 0.25) is 0 Å². The minimum absolute atomic E-state index is 0.460. The molecule has 1 fully saturated rings. The van der Waals surface area contributed by atoms with E-state index >= 15 is 0 Å². The molecule has 1 aromatic carbocycles. The molecule has 0 spiro atoms. The highest BCUT2D eigenvalue weighted by Crippen LogP contribution is 2.31. The molecule has 1 N–H and O–H groups in total. The number of nitriles is 1. The Morgan fingerprint density at radius 1 is 1.25 bits per heavy atom. The third kappa shape index (κ3) is 2.34. The van der Waals surface area contributed by atoms with E-state index in [4.69, 9.17) is 0 Å². The third-order valence-corrected chi connectivity index (χ3v) is 4.34. The lowest BCUT2D eigenvalue weighted by atomic mass is 9.85. The first-order valence-corrected chi connectivity index (χ1v) is 7.34. The molecule has 102 valence electrons. The predicted molar refractivity (Wildman–Crippen MR) is 81.5 cm³/mol. The number of benzene rings is 1. The summed E-state index contributed by atoms with van der Waals surface area (Å²) in [5.74, 6) is 0.655. The fourth-order valence-electron chi connectivity index (χ4n) is 3.10. The van der Waals surface area contributed by atoms with Crippen molar-refractivity contribution in [2.75, 3.05) is 5.32 Å². The average molecular weight is 265 g/mol. The molecule has 0 aliphatic heterocycles. The van der Waals surface area contributed by atoms with Crippen LogP contribution in [-0.2, 0) is 0 Å². The second kappa shape index (κ2) is 5.50. The van der Waals surface area contributed by atoms with Crippen LogP contribution in [0.4, 0.5) is 5.69 Å². The van der Waals surface area contributed by atoms with Crippen LogP contribution in [-0.4, -0.2) is 11.0 Å². The van der Waals surface area contributed by atoms with Gasteiger partial charge < -0.3 is 5.32 Å². The van der Waals surface area contributed by atoms with Gasteiger partial charge in [-0.25, -0.2) is 0 Å². The summed E-state index contributed by atoms with van der Waals surface area (Å²) in [6, 6.07) is 10.7. The highest BCUT2D eigenvalue weighted by atomic mass is 14.9. The fraction of sp³-hybridized carbons (Fsp3) is 0.412. The molecule has 1 saturated carbocycles. The number of rotatable bonds is 2. The lowest BCUT2D eigenvalue weighted by Gasteiger charge is -2.31. The van der Waals surface area contributed by atoms with E-state index in [1.54, 1.807) is 6.20 Å². The maximum atomic E-state index is 9.34. The quantitative estimate of drug-likeness (QED) is 0.889. The summed E-state index contributed by atoms with van der Waals surface area (Å²) in [4.78, 5) is 4.36. The fourth-order valence-corrected chi connectivity index (χ4v) is 3.10. The van der Waals surface area contributed by atoms with Gasteiger partial charge in [0.05, 0.1) is 16.8 Å². The molecular formula is C17H19N3. The van der Waals surface area contributed by atoms with Crippen molar-refractivity contribution in [1.82, 2.24) is 4.98 Å². The number of hydrogen-bond donors (Lipinski definition) is 1. The summed E-state index contributed by atoms with van der Waals surface area (Å²) in [5.41, 5.74) is 2.54. The van der Waals surface area contributed by atoms with Crippen molar-refractivity contribution >= 4 is 16.6 Å². The summed E-state index contributed by atoms with van der Waals surface area (Å²) in [6.07, 6.45) is 6.72. The molecule has 3 rings (SSSR count). The van der Waals surface area contributed by atoms with Crippen LogP contribution in [0.1, 0.15) is 38.2 Å². The Balaban J connectivity index is 2.02. The molecule has 1 aliphatic carbocycles. The third-order valence-electron chi connectivity index (χ3n) is 4.34. The van der Waals surface area contributed by atoms with E-state index in [1.807, 2.05) is 24.3 Å². The number of anilines is 1. The Kier molecular flexibility index (Phi) is 3.56. The van der Waals surface area contributed by atoms with Crippen LogP contribution < -0.4 is 5.32 Å². The summed E-state index contributed by atoms with van der Waals surface area (Å²) in [6.45, 7) is 2.30. The maximum Gasteiger partial charge on any atom is 0.103 e. The maximum absolute atomic E-state index is 9.34. The van der Waals surface area contributed by atoms with Crippen LogP contribution in [0.15, 0.2) is 30.5 Å². The molecule has 1 aromatic heterocycles. The van der Waals surface area contributed by atoms with Gasteiger partial charge in [-0.2, -0.15) is 5.26 Å². The SMILES string of the molecule is CC1CCCCC1Nc1c(C#N)cnc2ccccc12. The van der Waals surface area contributed by atoms with Gasteiger partial charge in [0.25, 0.3) is 0 Å². The minimum atomic E-state index is 0.460. The standard InChI is InChI=1S/C17H19N3/c1-12-6-2-4-8-15(12)20-17-13(10-18)11-19-16-9-5-3-7-14(16)17/h3,5,7,9,11-12,15H,2,4,6,8H2,1H3,(H,19,20). The van der Waals surface area contributed by atoms with Crippen molar-refractivity contribution in [1.29, 1.82) is 5.26 Å². The second-order valence-electron chi connectivity index (χ2n) is 5.69. The first-order valence-electron chi connectivity index (χ1n) is 7.34. The van der Waals surface area contributed by atoms with E-state index in [0.29, 0.717) is 17.5 Å². The molecular weight excluding hydrogens is 246 g/mol. The average Bonchev–Trinajstić information content (AvgIpc) is 2.50. The van der Waals surface area contributed by atoms with E-state index in [2.05, 4.69) is 23.3 Å². The molecule has 1 aliphatic rings. The largest absolute Gasteiger partial charge is 0.380 e. The number of hydrogen-bond acceptors (Lipinski definition) is 3. The van der Waals surface area contributed by atoms with Crippen molar-refractivity contribution in [3.63, 3.8) is 0 Å². The summed E-state index contributed by atoms with van der Waals surface area (Å²) in [5, 5.41) is 14.0. The van der Waals surface area contributed by atoms with Gasteiger partial charge in [-0.05, 0) is 24.8 Å². The highest BCUT2D eigenvalue weighted by Gasteiger charge is 2.22. The smallest absolute Gasteiger partial charge is 0.103 e. The number of fused-ring (bicyclic) bond motifs is 1. The van der Waals surface area contributed by atoms with E-state index < -0.39 is 0 Å². The van der Waals surface area contributed by atoms with Crippen LogP contribution in [0.3, 0.4) is 0 Å². The normalized spacial score (nSPS) is 22.4. The molecule has 2 atom stereocenters. The molecule has 2 aromatic rings. The Hall–Kier alpha value is -2.08. The lowest BCUT2D eigenvalue weighted by molar-refractivity contribution is 0.349. The van der Waals surface area contributed by atoms with E-state index in [0.717, 1.165) is 16.6 Å². The zero-order valence-electron chi connectivity index (χ0n) is 11.8. The number of pyridine rings is 1.